The van der Waals surface area contributed by atoms with E-state index in [-0.39, 0.29) is 17.3 Å². The first kappa shape index (κ1) is 21.3. The van der Waals surface area contributed by atoms with Crippen LogP contribution in [0.4, 0.5) is 11.4 Å². The van der Waals surface area contributed by atoms with Gasteiger partial charge in [0.1, 0.15) is 0 Å². The molecule has 2 atom stereocenters. The highest BCUT2D eigenvalue weighted by Crippen LogP contribution is 2.25. The zero-order valence-electron chi connectivity index (χ0n) is 17.0. The van der Waals surface area contributed by atoms with Gasteiger partial charge >= 0.3 is 0 Å². The molecule has 7 heteroatoms. The molecule has 0 aromatic heterocycles. The summed E-state index contributed by atoms with van der Waals surface area (Å²) < 4.78 is 27.1. The van der Waals surface area contributed by atoms with Crippen molar-refractivity contribution in [3.8, 4) is 0 Å². The number of carbonyl (C=O) groups is 1. The van der Waals surface area contributed by atoms with Crippen molar-refractivity contribution in [1.29, 1.82) is 0 Å². The van der Waals surface area contributed by atoms with Gasteiger partial charge in [0.25, 0.3) is 10.0 Å². The predicted octanol–water partition coefficient (Wildman–Crippen LogP) is 3.62. The summed E-state index contributed by atoms with van der Waals surface area (Å²) in [6.45, 7) is 2.43. The number of rotatable bonds is 7. The van der Waals surface area contributed by atoms with Crippen LogP contribution in [-0.2, 0) is 14.8 Å². The highest BCUT2D eigenvalue weighted by molar-refractivity contribution is 7.92. The van der Waals surface area contributed by atoms with Crippen molar-refractivity contribution in [3.05, 3.63) is 54.6 Å². The van der Waals surface area contributed by atoms with Gasteiger partial charge in [-0.05, 0) is 49.1 Å². The third-order valence-corrected chi connectivity index (χ3v) is 7.31. The second-order valence-corrected chi connectivity index (χ2v) is 9.60. The Bertz CT molecular complexity index is 931. The summed E-state index contributed by atoms with van der Waals surface area (Å²) in [5.41, 5.74) is 1.05. The van der Waals surface area contributed by atoms with E-state index in [4.69, 9.17) is 0 Å². The zero-order chi connectivity index (χ0) is 20.9. The molecule has 2 aromatic carbocycles. The maximum absolute atomic E-state index is 12.9. The van der Waals surface area contributed by atoms with Crippen LogP contribution >= 0.6 is 0 Å². The molecule has 3 rings (SSSR count). The highest BCUT2D eigenvalue weighted by atomic mass is 32.2. The average Bonchev–Trinajstić information content (AvgIpc) is 2.73. The summed E-state index contributed by atoms with van der Waals surface area (Å²) in [6.07, 6.45) is 4.73. The standard InChI is InChI=1S/C22H29N3O3S/c1-17-9-6-7-14-21(17)23-16-22(26)24-18-10-8-13-20(15-18)29(27,28)25(2)19-11-4-3-5-12-19/h3-5,8,10-13,15,17,21,23H,6-7,9,14,16H2,1-2H3,(H,24,26). The van der Waals surface area contributed by atoms with Gasteiger partial charge in [0.05, 0.1) is 17.1 Å². The summed E-state index contributed by atoms with van der Waals surface area (Å²) in [5.74, 6) is 0.396. The molecule has 6 nitrogen and oxygen atoms in total. The number of nitrogens with zero attached hydrogens (tertiary/aromatic N) is 1. The van der Waals surface area contributed by atoms with Gasteiger partial charge in [0.15, 0.2) is 0 Å². The van der Waals surface area contributed by atoms with E-state index < -0.39 is 10.0 Å². The van der Waals surface area contributed by atoms with Crippen molar-refractivity contribution in [2.24, 2.45) is 5.92 Å². The molecule has 2 N–H and O–H groups in total. The molecule has 1 fully saturated rings. The summed E-state index contributed by atoms with van der Waals surface area (Å²) in [5, 5.41) is 6.14. The number of anilines is 2. The van der Waals surface area contributed by atoms with Gasteiger partial charge in [-0.2, -0.15) is 0 Å². The first-order valence-electron chi connectivity index (χ1n) is 10.0. The molecule has 1 saturated carbocycles. The van der Waals surface area contributed by atoms with E-state index in [1.807, 2.05) is 6.07 Å². The lowest BCUT2D eigenvalue weighted by molar-refractivity contribution is -0.115. The minimum absolute atomic E-state index is 0.135. The molecule has 2 unspecified atom stereocenters. The number of hydrogen-bond acceptors (Lipinski definition) is 4. The Kier molecular flexibility index (Phi) is 6.92. The maximum atomic E-state index is 12.9. The number of benzene rings is 2. The zero-order valence-corrected chi connectivity index (χ0v) is 17.8. The smallest absolute Gasteiger partial charge is 0.264 e. The van der Waals surface area contributed by atoms with Crippen LogP contribution in [0.3, 0.4) is 0 Å². The lowest BCUT2D eigenvalue weighted by Gasteiger charge is -2.29. The van der Waals surface area contributed by atoms with E-state index in [9.17, 15) is 13.2 Å². The number of hydrogen-bond donors (Lipinski definition) is 2. The third-order valence-electron chi connectivity index (χ3n) is 5.53. The number of amides is 1. The SMILES string of the molecule is CC1CCCCC1NCC(=O)Nc1cccc(S(=O)(=O)N(C)c2ccccc2)c1. The van der Waals surface area contributed by atoms with Crippen molar-refractivity contribution in [1.82, 2.24) is 5.32 Å². The molecule has 0 bridgehead atoms. The van der Waals surface area contributed by atoms with Crippen LogP contribution in [0.15, 0.2) is 59.5 Å². The van der Waals surface area contributed by atoms with Crippen molar-refractivity contribution in [2.45, 2.75) is 43.5 Å². The van der Waals surface area contributed by atoms with Gasteiger partial charge in [-0.15, -0.1) is 0 Å². The lowest BCUT2D eigenvalue weighted by Crippen LogP contribution is -2.41. The fourth-order valence-electron chi connectivity index (χ4n) is 3.72. The third kappa shape index (κ3) is 5.36. The summed E-state index contributed by atoms with van der Waals surface area (Å²) in [4.78, 5) is 12.5. The molecule has 1 aliphatic carbocycles. The highest BCUT2D eigenvalue weighted by Gasteiger charge is 2.23. The van der Waals surface area contributed by atoms with E-state index in [2.05, 4.69) is 17.6 Å². The Morgan fingerprint density at radius 2 is 1.79 bits per heavy atom. The Labute approximate surface area is 173 Å². The van der Waals surface area contributed by atoms with Crippen molar-refractivity contribution in [2.75, 3.05) is 23.2 Å². The van der Waals surface area contributed by atoms with Crippen LogP contribution in [0.25, 0.3) is 0 Å². The summed E-state index contributed by atoms with van der Waals surface area (Å²) >= 11 is 0. The first-order valence-corrected chi connectivity index (χ1v) is 11.5. The molecule has 0 saturated heterocycles. The molecule has 156 valence electrons. The topological polar surface area (TPSA) is 78.5 Å². The van der Waals surface area contributed by atoms with Gasteiger partial charge in [0.2, 0.25) is 5.91 Å². The van der Waals surface area contributed by atoms with Crippen LogP contribution in [0.1, 0.15) is 32.6 Å². The van der Waals surface area contributed by atoms with Gasteiger partial charge in [-0.3, -0.25) is 9.10 Å². The molecule has 1 amide bonds. The number of sulfonamides is 1. The quantitative estimate of drug-likeness (QED) is 0.724. The second kappa shape index (κ2) is 9.41. The maximum Gasteiger partial charge on any atom is 0.264 e. The monoisotopic (exact) mass is 415 g/mol. The molecule has 0 aliphatic heterocycles. The van der Waals surface area contributed by atoms with Crippen LogP contribution in [0.2, 0.25) is 0 Å². The normalized spacial score (nSPS) is 19.5. The van der Waals surface area contributed by atoms with Crippen LogP contribution < -0.4 is 14.9 Å². The Balaban J connectivity index is 1.65. The van der Waals surface area contributed by atoms with Crippen molar-refractivity contribution >= 4 is 27.3 Å². The van der Waals surface area contributed by atoms with Gasteiger partial charge in [-0.25, -0.2) is 8.42 Å². The molecule has 0 spiro atoms. The van der Waals surface area contributed by atoms with Crippen LogP contribution in [-0.4, -0.2) is 34.0 Å². The van der Waals surface area contributed by atoms with E-state index in [0.717, 1.165) is 6.42 Å². The largest absolute Gasteiger partial charge is 0.325 e. The molecule has 29 heavy (non-hydrogen) atoms. The van der Waals surface area contributed by atoms with Gasteiger partial charge < -0.3 is 10.6 Å². The Morgan fingerprint density at radius 1 is 1.07 bits per heavy atom. The fraction of sp³-hybridized carbons (Fsp3) is 0.409. The lowest BCUT2D eigenvalue weighted by atomic mass is 9.86. The minimum Gasteiger partial charge on any atom is -0.325 e. The molecule has 1 aliphatic rings. The van der Waals surface area contributed by atoms with E-state index in [0.29, 0.717) is 23.3 Å². The average molecular weight is 416 g/mol. The molecule has 0 radical (unpaired) electrons. The number of para-hydroxylation sites is 1. The van der Waals surface area contributed by atoms with Crippen LogP contribution in [0.5, 0.6) is 0 Å². The predicted molar refractivity (Wildman–Crippen MR) is 117 cm³/mol. The summed E-state index contributed by atoms with van der Waals surface area (Å²) in [6, 6.07) is 15.6. The van der Waals surface area contributed by atoms with Crippen molar-refractivity contribution in [3.63, 3.8) is 0 Å². The minimum atomic E-state index is -3.72. The molecular formula is C22H29N3O3S. The second-order valence-electron chi connectivity index (χ2n) is 7.63. The Morgan fingerprint density at radius 3 is 2.52 bits per heavy atom. The molecule has 0 heterocycles. The number of carbonyl (C=O) groups excluding carboxylic acids is 1. The Hall–Kier alpha value is -2.38. The van der Waals surface area contributed by atoms with E-state index in [1.165, 1.54) is 42.7 Å². The number of nitrogens with one attached hydrogen (secondary N) is 2. The van der Waals surface area contributed by atoms with E-state index >= 15 is 0 Å². The molecular weight excluding hydrogens is 386 g/mol. The fourth-order valence-corrected chi connectivity index (χ4v) is 4.96. The van der Waals surface area contributed by atoms with E-state index in [1.54, 1.807) is 36.4 Å². The van der Waals surface area contributed by atoms with Gasteiger partial charge in [0, 0.05) is 18.8 Å². The van der Waals surface area contributed by atoms with Crippen LogP contribution in [0, 0.1) is 5.92 Å². The molecule has 2 aromatic rings. The first-order chi connectivity index (χ1) is 13.9. The summed E-state index contributed by atoms with van der Waals surface area (Å²) in [7, 11) is -2.20. The van der Waals surface area contributed by atoms with Crippen molar-refractivity contribution < 1.29 is 13.2 Å². The van der Waals surface area contributed by atoms with Gasteiger partial charge in [-0.1, -0.05) is 44.0 Å².